The topological polar surface area (TPSA) is 96.8 Å². The van der Waals surface area contributed by atoms with Crippen molar-refractivity contribution in [1.29, 1.82) is 0 Å². The van der Waals surface area contributed by atoms with Crippen molar-refractivity contribution < 1.29 is 14.6 Å². The summed E-state index contributed by atoms with van der Waals surface area (Å²) in [5.74, 6) is -0.421. The average molecular weight is 544 g/mol. The number of aliphatic hydroxyl groups excluding tert-OH is 1. The highest BCUT2D eigenvalue weighted by atomic mass is 16.5. The second-order valence-electron chi connectivity index (χ2n) is 12.5. The molecule has 8 heteroatoms. The molecule has 1 saturated carbocycles. The molecule has 4 fully saturated rings. The number of primary amides is 1. The molecule has 2 atom stereocenters. The Bertz CT molecular complexity index is 1360. The number of nitrogens with zero attached hydrogens (tertiary/aromatic N) is 4. The quantitative estimate of drug-likeness (QED) is 0.481. The van der Waals surface area contributed by atoms with E-state index in [1.54, 1.807) is 0 Å². The number of amides is 1. The lowest BCUT2D eigenvalue weighted by molar-refractivity contribution is -0.0454. The monoisotopic (exact) mass is 543 g/mol. The van der Waals surface area contributed by atoms with Crippen LogP contribution in [0.25, 0.3) is 22.2 Å². The van der Waals surface area contributed by atoms with Crippen molar-refractivity contribution in [3.63, 3.8) is 0 Å². The lowest BCUT2D eigenvalue weighted by Crippen LogP contribution is -2.56. The minimum Gasteiger partial charge on any atom is -0.393 e. The fraction of sp³-hybridized carbons (Fsp3) is 0.562. The Hall–Kier alpha value is -2.94. The summed E-state index contributed by atoms with van der Waals surface area (Å²) in [5.41, 5.74) is 10.5. The second kappa shape index (κ2) is 10.5. The van der Waals surface area contributed by atoms with Crippen molar-refractivity contribution in [1.82, 2.24) is 14.7 Å². The standard InChI is InChI=1S/C32H41N5O3/c33-31(39)23-6-11-29-28(18-23)30(22-4-7-24(8-5-22)37-25-9-10-26(37)20-27(38)19-25)34-36(29)21-32(12-2-1-3-13-32)35-14-16-40-17-15-35/h4-8,11,18,25-27,38H,1-3,9-10,12-17,19-21H2,(H2,33,39). The first-order chi connectivity index (χ1) is 19.5. The van der Waals surface area contributed by atoms with Gasteiger partial charge >= 0.3 is 0 Å². The number of fused-ring (bicyclic) bond motifs is 3. The summed E-state index contributed by atoms with van der Waals surface area (Å²) in [6, 6.07) is 15.4. The Balaban J connectivity index is 1.26. The van der Waals surface area contributed by atoms with E-state index in [2.05, 4.69) is 38.7 Å². The third-order valence-electron chi connectivity index (χ3n) is 10.1. The van der Waals surface area contributed by atoms with Crippen molar-refractivity contribution in [3.8, 4) is 11.3 Å². The summed E-state index contributed by atoms with van der Waals surface area (Å²) in [5, 5.41) is 16.5. The first kappa shape index (κ1) is 26.0. The Morgan fingerprint density at radius 1 is 1.00 bits per heavy atom. The van der Waals surface area contributed by atoms with Crippen LogP contribution in [0.2, 0.25) is 0 Å². The zero-order valence-corrected chi connectivity index (χ0v) is 23.3. The number of anilines is 1. The molecule has 2 bridgehead atoms. The van der Waals surface area contributed by atoms with Crippen LogP contribution < -0.4 is 10.6 Å². The summed E-state index contributed by atoms with van der Waals surface area (Å²) >= 11 is 0. The molecule has 212 valence electrons. The van der Waals surface area contributed by atoms with Crippen molar-refractivity contribution in [2.75, 3.05) is 31.2 Å². The lowest BCUT2D eigenvalue weighted by Gasteiger charge is -2.48. The summed E-state index contributed by atoms with van der Waals surface area (Å²) < 4.78 is 7.90. The van der Waals surface area contributed by atoms with Gasteiger partial charge in [-0.2, -0.15) is 5.10 Å². The van der Waals surface area contributed by atoms with Crippen LogP contribution in [-0.4, -0.2) is 75.7 Å². The lowest BCUT2D eigenvalue weighted by atomic mass is 9.79. The maximum absolute atomic E-state index is 12.1. The predicted molar refractivity (Wildman–Crippen MR) is 156 cm³/mol. The van der Waals surface area contributed by atoms with E-state index in [4.69, 9.17) is 15.6 Å². The number of hydrogen-bond donors (Lipinski definition) is 2. The van der Waals surface area contributed by atoms with Crippen LogP contribution >= 0.6 is 0 Å². The van der Waals surface area contributed by atoms with Crippen molar-refractivity contribution >= 4 is 22.5 Å². The molecule has 3 N–H and O–H groups in total. The number of nitrogens with two attached hydrogens (primary N) is 1. The molecule has 7 rings (SSSR count). The fourth-order valence-corrected chi connectivity index (χ4v) is 8.13. The van der Waals surface area contributed by atoms with Gasteiger partial charge in [-0.15, -0.1) is 0 Å². The third kappa shape index (κ3) is 4.60. The number of aromatic nitrogens is 2. The van der Waals surface area contributed by atoms with E-state index in [1.807, 2.05) is 18.2 Å². The Labute approximate surface area is 236 Å². The van der Waals surface area contributed by atoms with Gasteiger partial charge in [0.15, 0.2) is 0 Å². The maximum Gasteiger partial charge on any atom is 0.248 e. The van der Waals surface area contributed by atoms with Crippen LogP contribution in [0, 0.1) is 0 Å². The van der Waals surface area contributed by atoms with Crippen molar-refractivity contribution in [2.24, 2.45) is 5.73 Å². The SMILES string of the molecule is NC(=O)c1ccc2c(c1)c(-c1ccc(N3C4CCC3CC(O)C4)cc1)nn2CC1(N2CCOCC2)CCCCC1. The van der Waals surface area contributed by atoms with Crippen LogP contribution in [0.15, 0.2) is 42.5 Å². The van der Waals surface area contributed by atoms with Gasteiger partial charge in [0.25, 0.3) is 0 Å². The third-order valence-corrected chi connectivity index (χ3v) is 10.1. The number of carbonyl (C=O) groups is 1. The van der Waals surface area contributed by atoms with E-state index in [1.165, 1.54) is 37.8 Å². The zero-order chi connectivity index (χ0) is 27.3. The highest BCUT2D eigenvalue weighted by Gasteiger charge is 2.41. The Morgan fingerprint density at radius 3 is 2.38 bits per heavy atom. The molecule has 8 nitrogen and oxygen atoms in total. The van der Waals surface area contributed by atoms with Gasteiger partial charge in [-0.3, -0.25) is 14.4 Å². The average Bonchev–Trinajstić information content (AvgIpc) is 3.47. The largest absolute Gasteiger partial charge is 0.393 e. The van der Waals surface area contributed by atoms with Gasteiger partial charge in [0, 0.05) is 52.9 Å². The number of ether oxygens (including phenoxy) is 1. The first-order valence-corrected chi connectivity index (χ1v) is 15.2. The summed E-state index contributed by atoms with van der Waals surface area (Å²) in [6.45, 7) is 4.35. The number of benzene rings is 2. The van der Waals surface area contributed by atoms with Gasteiger partial charge < -0.3 is 20.5 Å². The molecule has 0 radical (unpaired) electrons. The van der Waals surface area contributed by atoms with Gasteiger partial charge in [-0.1, -0.05) is 31.4 Å². The van der Waals surface area contributed by atoms with Crippen LogP contribution in [0.4, 0.5) is 5.69 Å². The molecular formula is C32H41N5O3. The van der Waals surface area contributed by atoms with Gasteiger partial charge in [-0.05, 0) is 68.9 Å². The molecule has 3 aliphatic heterocycles. The Kier molecular flexibility index (Phi) is 6.80. The van der Waals surface area contributed by atoms with E-state index in [-0.39, 0.29) is 11.6 Å². The smallest absolute Gasteiger partial charge is 0.248 e. The molecule has 3 saturated heterocycles. The molecule has 4 heterocycles. The number of piperidine rings is 1. The number of morpholine rings is 1. The van der Waals surface area contributed by atoms with E-state index in [9.17, 15) is 9.90 Å². The van der Waals surface area contributed by atoms with Crippen LogP contribution in [0.5, 0.6) is 0 Å². The fourth-order valence-electron chi connectivity index (χ4n) is 8.13. The van der Waals surface area contributed by atoms with Gasteiger partial charge in [-0.25, -0.2) is 0 Å². The molecule has 4 aliphatic rings. The normalized spacial score (nSPS) is 26.8. The minimum absolute atomic E-state index is 0.0720. The first-order valence-electron chi connectivity index (χ1n) is 15.2. The summed E-state index contributed by atoms with van der Waals surface area (Å²) in [6.07, 6.45) is 9.96. The Morgan fingerprint density at radius 2 is 1.70 bits per heavy atom. The predicted octanol–water partition coefficient (Wildman–Crippen LogP) is 4.33. The zero-order valence-electron chi connectivity index (χ0n) is 23.3. The van der Waals surface area contributed by atoms with Crippen LogP contribution in [-0.2, 0) is 11.3 Å². The van der Waals surface area contributed by atoms with Gasteiger partial charge in [0.05, 0.1) is 31.4 Å². The highest BCUT2D eigenvalue weighted by molar-refractivity contribution is 6.01. The molecule has 2 unspecified atom stereocenters. The minimum atomic E-state index is -0.421. The summed E-state index contributed by atoms with van der Waals surface area (Å²) in [4.78, 5) is 17.3. The molecule has 1 amide bonds. The highest BCUT2D eigenvalue weighted by Crippen LogP contribution is 2.41. The van der Waals surface area contributed by atoms with Gasteiger partial charge in [0.1, 0.15) is 5.69 Å². The molecule has 0 spiro atoms. The van der Waals surface area contributed by atoms with Crippen molar-refractivity contribution in [3.05, 3.63) is 48.0 Å². The van der Waals surface area contributed by atoms with Gasteiger partial charge in [0.2, 0.25) is 5.91 Å². The number of rotatable bonds is 6. The number of carbonyl (C=O) groups excluding carboxylic acids is 1. The molecule has 3 aromatic rings. The van der Waals surface area contributed by atoms with E-state index >= 15 is 0 Å². The number of hydrogen-bond acceptors (Lipinski definition) is 6. The molecular weight excluding hydrogens is 502 g/mol. The molecule has 2 aromatic carbocycles. The second-order valence-corrected chi connectivity index (χ2v) is 12.5. The number of aliphatic hydroxyl groups is 1. The van der Waals surface area contributed by atoms with Crippen LogP contribution in [0.1, 0.15) is 68.1 Å². The van der Waals surface area contributed by atoms with Crippen molar-refractivity contribution in [2.45, 2.75) is 88.1 Å². The van der Waals surface area contributed by atoms with E-state index in [0.717, 1.165) is 80.7 Å². The maximum atomic E-state index is 12.1. The molecule has 1 aliphatic carbocycles. The summed E-state index contributed by atoms with van der Waals surface area (Å²) in [7, 11) is 0. The molecule has 1 aromatic heterocycles. The van der Waals surface area contributed by atoms with E-state index in [0.29, 0.717) is 17.6 Å². The van der Waals surface area contributed by atoms with Crippen LogP contribution in [0.3, 0.4) is 0 Å². The van der Waals surface area contributed by atoms with E-state index < -0.39 is 5.91 Å². The molecule has 40 heavy (non-hydrogen) atoms.